The number of benzene rings is 1. The van der Waals surface area contributed by atoms with Gasteiger partial charge in [0.25, 0.3) is 0 Å². The quantitative estimate of drug-likeness (QED) is 0.797. The first-order chi connectivity index (χ1) is 7.63. The van der Waals surface area contributed by atoms with E-state index in [1.54, 1.807) is 0 Å². The van der Waals surface area contributed by atoms with Crippen LogP contribution in [-0.2, 0) is 11.3 Å². The highest BCUT2D eigenvalue weighted by Gasteiger charge is 2.03. The summed E-state index contributed by atoms with van der Waals surface area (Å²) in [6.07, 6.45) is 0. The summed E-state index contributed by atoms with van der Waals surface area (Å²) in [6, 6.07) is 6.98. The molecule has 0 aliphatic heterocycles. The van der Waals surface area contributed by atoms with Crippen molar-refractivity contribution < 1.29 is 4.74 Å². The molecule has 0 amide bonds. The SMILES string of the molecule is CCOCC(C)NCc1cc(C)ccc1C. The monoisotopic (exact) mass is 221 g/mol. The highest BCUT2D eigenvalue weighted by Crippen LogP contribution is 2.10. The fraction of sp³-hybridized carbons (Fsp3) is 0.571. The maximum Gasteiger partial charge on any atom is 0.0616 e. The van der Waals surface area contributed by atoms with Gasteiger partial charge >= 0.3 is 0 Å². The van der Waals surface area contributed by atoms with Crippen LogP contribution in [-0.4, -0.2) is 19.3 Å². The fourth-order valence-electron chi connectivity index (χ4n) is 1.63. The van der Waals surface area contributed by atoms with E-state index in [1.165, 1.54) is 16.7 Å². The summed E-state index contributed by atoms with van der Waals surface area (Å²) in [5, 5.41) is 3.48. The van der Waals surface area contributed by atoms with Gasteiger partial charge in [0, 0.05) is 19.2 Å². The Kier molecular flexibility index (Phi) is 5.50. The number of aryl methyl sites for hydroxylation is 2. The first kappa shape index (κ1) is 13.2. The maximum atomic E-state index is 5.38. The van der Waals surface area contributed by atoms with E-state index < -0.39 is 0 Å². The Morgan fingerprint density at radius 2 is 2.06 bits per heavy atom. The molecule has 0 aliphatic rings. The van der Waals surface area contributed by atoms with E-state index in [-0.39, 0.29) is 0 Å². The van der Waals surface area contributed by atoms with Gasteiger partial charge in [0.05, 0.1) is 6.61 Å². The van der Waals surface area contributed by atoms with Gasteiger partial charge in [-0.25, -0.2) is 0 Å². The number of hydrogen-bond acceptors (Lipinski definition) is 2. The zero-order valence-electron chi connectivity index (χ0n) is 10.8. The predicted octanol–water partition coefficient (Wildman–Crippen LogP) is 2.82. The Morgan fingerprint density at radius 1 is 1.31 bits per heavy atom. The molecule has 1 rings (SSSR count). The Morgan fingerprint density at radius 3 is 2.75 bits per heavy atom. The minimum absolute atomic E-state index is 0.403. The number of ether oxygens (including phenoxy) is 1. The zero-order valence-corrected chi connectivity index (χ0v) is 10.8. The summed E-state index contributed by atoms with van der Waals surface area (Å²) in [4.78, 5) is 0. The molecule has 0 aliphatic carbocycles. The third-order valence-corrected chi connectivity index (χ3v) is 2.72. The molecule has 16 heavy (non-hydrogen) atoms. The number of rotatable bonds is 6. The summed E-state index contributed by atoms with van der Waals surface area (Å²) in [5.41, 5.74) is 4.05. The second-order valence-electron chi connectivity index (χ2n) is 4.37. The fourth-order valence-corrected chi connectivity index (χ4v) is 1.63. The van der Waals surface area contributed by atoms with Gasteiger partial charge in [0.15, 0.2) is 0 Å². The standard InChI is InChI=1S/C14H23NO/c1-5-16-10-13(4)15-9-14-8-11(2)6-7-12(14)3/h6-8,13,15H,5,9-10H2,1-4H3. The van der Waals surface area contributed by atoms with Gasteiger partial charge in [-0.2, -0.15) is 0 Å². The molecule has 1 aromatic rings. The van der Waals surface area contributed by atoms with Gasteiger partial charge in [0.1, 0.15) is 0 Å². The average molecular weight is 221 g/mol. The van der Waals surface area contributed by atoms with E-state index in [2.05, 4.69) is 44.3 Å². The Bertz CT molecular complexity index is 323. The van der Waals surface area contributed by atoms with Crippen molar-refractivity contribution in [1.29, 1.82) is 0 Å². The van der Waals surface area contributed by atoms with Crippen molar-refractivity contribution in [3.63, 3.8) is 0 Å². The van der Waals surface area contributed by atoms with Gasteiger partial charge in [-0.1, -0.05) is 23.8 Å². The topological polar surface area (TPSA) is 21.3 Å². The molecule has 0 bridgehead atoms. The molecule has 90 valence electrons. The van der Waals surface area contributed by atoms with Crippen LogP contribution < -0.4 is 5.32 Å². The summed E-state index contributed by atoms with van der Waals surface area (Å²) < 4.78 is 5.38. The van der Waals surface area contributed by atoms with Crippen molar-refractivity contribution in [2.24, 2.45) is 0 Å². The highest BCUT2D eigenvalue weighted by molar-refractivity contribution is 5.30. The molecule has 0 heterocycles. The molecule has 0 aromatic heterocycles. The molecule has 0 fully saturated rings. The van der Waals surface area contributed by atoms with Crippen LogP contribution in [0.1, 0.15) is 30.5 Å². The van der Waals surface area contributed by atoms with Crippen molar-refractivity contribution in [3.8, 4) is 0 Å². The molecule has 0 radical (unpaired) electrons. The predicted molar refractivity (Wildman–Crippen MR) is 68.7 cm³/mol. The summed E-state index contributed by atoms with van der Waals surface area (Å²) in [5.74, 6) is 0. The molecule has 1 unspecified atom stereocenters. The Balaban J connectivity index is 2.44. The van der Waals surface area contributed by atoms with Crippen LogP contribution in [0.2, 0.25) is 0 Å². The van der Waals surface area contributed by atoms with Gasteiger partial charge in [0.2, 0.25) is 0 Å². The maximum absolute atomic E-state index is 5.38. The van der Waals surface area contributed by atoms with Crippen LogP contribution >= 0.6 is 0 Å². The van der Waals surface area contributed by atoms with Crippen LogP contribution in [0.4, 0.5) is 0 Å². The minimum Gasteiger partial charge on any atom is -0.380 e. The molecule has 0 saturated heterocycles. The second-order valence-corrected chi connectivity index (χ2v) is 4.37. The average Bonchev–Trinajstić information content (AvgIpc) is 2.27. The van der Waals surface area contributed by atoms with Gasteiger partial charge in [-0.05, 0) is 38.8 Å². The van der Waals surface area contributed by atoms with Crippen LogP contribution in [0.25, 0.3) is 0 Å². The largest absolute Gasteiger partial charge is 0.380 e. The van der Waals surface area contributed by atoms with Crippen molar-refractivity contribution in [2.75, 3.05) is 13.2 Å². The first-order valence-electron chi connectivity index (χ1n) is 6.00. The molecule has 2 nitrogen and oxygen atoms in total. The molecular formula is C14H23NO. The van der Waals surface area contributed by atoms with Gasteiger partial charge in [-0.15, -0.1) is 0 Å². The van der Waals surface area contributed by atoms with Crippen molar-refractivity contribution in [3.05, 3.63) is 34.9 Å². The van der Waals surface area contributed by atoms with E-state index in [9.17, 15) is 0 Å². The lowest BCUT2D eigenvalue weighted by molar-refractivity contribution is 0.127. The van der Waals surface area contributed by atoms with Crippen molar-refractivity contribution in [2.45, 2.75) is 40.3 Å². The summed E-state index contributed by atoms with van der Waals surface area (Å²) >= 11 is 0. The molecule has 1 N–H and O–H groups in total. The molecule has 0 saturated carbocycles. The van der Waals surface area contributed by atoms with Crippen LogP contribution in [0, 0.1) is 13.8 Å². The number of nitrogens with one attached hydrogen (secondary N) is 1. The van der Waals surface area contributed by atoms with Gasteiger partial charge in [-0.3, -0.25) is 0 Å². The normalized spacial score (nSPS) is 12.8. The van der Waals surface area contributed by atoms with Crippen molar-refractivity contribution in [1.82, 2.24) is 5.32 Å². The minimum atomic E-state index is 0.403. The van der Waals surface area contributed by atoms with E-state index in [4.69, 9.17) is 4.74 Å². The first-order valence-corrected chi connectivity index (χ1v) is 6.00. The van der Waals surface area contributed by atoms with Crippen LogP contribution in [0.5, 0.6) is 0 Å². The van der Waals surface area contributed by atoms with Crippen LogP contribution in [0.3, 0.4) is 0 Å². The number of hydrogen-bond donors (Lipinski definition) is 1. The van der Waals surface area contributed by atoms with E-state index in [0.29, 0.717) is 6.04 Å². The van der Waals surface area contributed by atoms with E-state index in [0.717, 1.165) is 19.8 Å². The lowest BCUT2D eigenvalue weighted by atomic mass is 10.1. The summed E-state index contributed by atoms with van der Waals surface area (Å²) in [6.45, 7) is 11.0. The lowest BCUT2D eigenvalue weighted by Crippen LogP contribution is -2.30. The smallest absolute Gasteiger partial charge is 0.0616 e. The Hall–Kier alpha value is -0.860. The third-order valence-electron chi connectivity index (χ3n) is 2.72. The Labute approximate surface area is 99.0 Å². The van der Waals surface area contributed by atoms with E-state index in [1.807, 2.05) is 6.92 Å². The van der Waals surface area contributed by atoms with Crippen molar-refractivity contribution >= 4 is 0 Å². The van der Waals surface area contributed by atoms with Gasteiger partial charge < -0.3 is 10.1 Å². The lowest BCUT2D eigenvalue weighted by Gasteiger charge is -2.15. The van der Waals surface area contributed by atoms with E-state index >= 15 is 0 Å². The molecule has 1 aromatic carbocycles. The molecule has 1 atom stereocenters. The molecular weight excluding hydrogens is 198 g/mol. The molecule has 0 spiro atoms. The second kappa shape index (κ2) is 6.66. The molecule has 2 heteroatoms. The highest BCUT2D eigenvalue weighted by atomic mass is 16.5. The summed E-state index contributed by atoms with van der Waals surface area (Å²) in [7, 11) is 0. The zero-order chi connectivity index (χ0) is 12.0. The third kappa shape index (κ3) is 4.33. The van der Waals surface area contributed by atoms with Crippen LogP contribution in [0.15, 0.2) is 18.2 Å².